The summed E-state index contributed by atoms with van der Waals surface area (Å²) in [5.74, 6) is 0.563. The predicted molar refractivity (Wildman–Crippen MR) is 73.4 cm³/mol. The summed E-state index contributed by atoms with van der Waals surface area (Å²) >= 11 is 0. The van der Waals surface area contributed by atoms with Gasteiger partial charge in [-0.2, -0.15) is 15.3 Å². The zero-order valence-electron chi connectivity index (χ0n) is 11.9. The minimum atomic E-state index is -0.842. The number of aliphatic hydroxyl groups excluding tert-OH is 1. The van der Waals surface area contributed by atoms with E-state index in [0.717, 1.165) is 6.54 Å². The minimum Gasteiger partial charge on any atom is -0.493 e. The van der Waals surface area contributed by atoms with Crippen LogP contribution in [0.3, 0.4) is 0 Å². The second-order valence-corrected chi connectivity index (χ2v) is 4.70. The van der Waals surface area contributed by atoms with Crippen molar-refractivity contribution in [3.8, 4) is 5.75 Å². The quantitative estimate of drug-likeness (QED) is 0.819. The van der Waals surface area contributed by atoms with Crippen molar-refractivity contribution >= 4 is 0 Å². The maximum absolute atomic E-state index is 10.5. The molecule has 2 aromatic rings. The molecule has 2 rings (SSSR count). The highest BCUT2D eigenvalue weighted by Crippen LogP contribution is 2.29. The van der Waals surface area contributed by atoms with Crippen LogP contribution in [-0.2, 0) is 6.54 Å². The van der Waals surface area contributed by atoms with E-state index in [0.29, 0.717) is 23.6 Å². The van der Waals surface area contributed by atoms with E-state index in [9.17, 15) is 5.11 Å². The van der Waals surface area contributed by atoms with Gasteiger partial charge in [0.15, 0.2) is 5.75 Å². The van der Waals surface area contributed by atoms with Crippen LogP contribution in [0, 0.1) is 0 Å². The van der Waals surface area contributed by atoms with E-state index < -0.39 is 6.10 Å². The smallest absolute Gasteiger partial charge is 0.163 e. The molecule has 1 atom stereocenters. The van der Waals surface area contributed by atoms with E-state index >= 15 is 0 Å². The van der Waals surface area contributed by atoms with Gasteiger partial charge in [-0.3, -0.25) is 4.68 Å². The monoisotopic (exact) mass is 277 g/mol. The minimum absolute atomic E-state index is 0.563. The van der Waals surface area contributed by atoms with Gasteiger partial charge >= 0.3 is 0 Å². The molecule has 7 heteroatoms. The van der Waals surface area contributed by atoms with Gasteiger partial charge in [-0.15, -0.1) is 0 Å². The number of aromatic nitrogens is 4. The predicted octanol–water partition coefficient (Wildman–Crippen LogP) is 0.325. The molecule has 0 saturated carbocycles. The van der Waals surface area contributed by atoms with Crippen LogP contribution in [0.4, 0.5) is 0 Å². The Labute approximate surface area is 117 Å². The summed E-state index contributed by atoms with van der Waals surface area (Å²) in [6.45, 7) is 1.49. The maximum atomic E-state index is 10.5. The fraction of sp³-hybridized carbons (Fsp3) is 0.462. The number of likely N-dealkylation sites (N-methyl/N-ethyl adjacent to an activating group) is 1. The maximum Gasteiger partial charge on any atom is 0.163 e. The molecule has 0 aliphatic heterocycles. The van der Waals surface area contributed by atoms with E-state index in [1.165, 1.54) is 6.20 Å². The highest BCUT2D eigenvalue weighted by molar-refractivity contribution is 5.33. The molecular weight excluding hydrogens is 258 g/mol. The number of hydrogen-bond acceptors (Lipinski definition) is 6. The Morgan fingerprint density at radius 1 is 1.35 bits per heavy atom. The van der Waals surface area contributed by atoms with Crippen LogP contribution in [0.5, 0.6) is 5.75 Å². The average Bonchev–Trinajstić information content (AvgIpc) is 2.88. The van der Waals surface area contributed by atoms with Gasteiger partial charge in [-0.05, 0) is 20.2 Å². The van der Waals surface area contributed by atoms with Crippen LogP contribution >= 0.6 is 0 Å². The van der Waals surface area contributed by atoms with Crippen LogP contribution in [0.2, 0.25) is 0 Å². The highest BCUT2D eigenvalue weighted by Gasteiger charge is 2.21. The first-order valence-corrected chi connectivity index (χ1v) is 6.32. The Hall–Kier alpha value is -1.99. The Bertz CT molecular complexity index is 541. The van der Waals surface area contributed by atoms with Crippen LogP contribution < -0.4 is 4.74 Å². The van der Waals surface area contributed by atoms with E-state index in [-0.39, 0.29) is 0 Å². The summed E-state index contributed by atoms with van der Waals surface area (Å²) in [5, 5.41) is 22.3. The van der Waals surface area contributed by atoms with Crippen molar-refractivity contribution in [1.82, 2.24) is 24.9 Å². The summed E-state index contributed by atoms with van der Waals surface area (Å²) in [6, 6.07) is 1.72. The van der Waals surface area contributed by atoms with E-state index in [1.54, 1.807) is 30.3 Å². The molecule has 2 heterocycles. The third-order valence-electron chi connectivity index (χ3n) is 3.01. The molecular formula is C13H19N5O2. The molecule has 0 aliphatic carbocycles. The number of ether oxygens (including phenoxy) is 1. The van der Waals surface area contributed by atoms with Crippen LogP contribution in [-0.4, -0.2) is 57.7 Å². The molecule has 0 radical (unpaired) electrons. The van der Waals surface area contributed by atoms with Gasteiger partial charge in [0.25, 0.3) is 0 Å². The molecule has 1 unspecified atom stereocenters. The summed E-state index contributed by atoms with van der Waals surface area (Å²) in [6.07, 6.45) is 3.85. The largest absolute Gasteiger partial charge is 0.493 e. The number of aliphatic hydroxyl groups is 1. The molecule has 7 nitrogen and oxygen atoms in total. The molecule has 20 heavy (non-hydrogen) atoms. The van der Waals surface area contributed by atoms with Gasteiger partial charge in [0, 0.05) is 18.3 Å². The zero-order valence-corrected chi connectivity index (χ0v) is 11.9. The van der Waals surface area contributed by atoms with Crippen LogP contribution in [0.25, 0.3) is 0 Å². The molecule has 1 N–H and O–H groups in total. The lowest BCUT2D eigenvalue weighted by molar-refractivity contribution is 0.199. The molecule has 0 fully saturated rings. The Morgan fingerprint density at radius 2 is 2.15 bits per heavy atom. The fourth-order valence-electron chi connectivity index (χ4n) is 1.90. The van der Waals surface area contributed by atoms with Crippen molar-refractivity contribution in [2.45, 2.75) is 12.6 Å². The SMILES string of the molecule is COc1cnn(CCN(C)C)c1C(O)c1ccnnc1. The number of methoxy groups -OCH3 is 1. The first kappa shape index (κ1) is 14.4. The number of nitrogens with zero attached hydrogens (tertiary/aromatic N) is 5. The van der Waals surface area contributed by atoms with E-state index in [4.69, 9.17) is 4.74 Å². The third kappa shape index (κ3) is 3.12. The summed E-state index contributed by atoms with van der Waals surface area (Å²) < 4.78 is 7.04. The highest BCUT2D eigenvalue weighted by atomic mass is 16.5. The fourth-order valence-corrected chi connectivity index (χ4v) is 1.90. The molecule has 0 bridgehead atoms. The number of hydrogen-bond donors (Lipinski definition) is 1. The second kappa shape index (κ2) is 6.44. The van der Waals surface area contributed by atoms with Gasteiger partial charge in [-0.1, -0.05) is 0 Å². The van der Waals surface area contributed by atoms with Crippen molar-refractivity contribution in [2.75, 3.05) is 27.7 Å². The third-order valence-corrected chi connectivity index (χ3v) is 3.01. The molecule has 2 aromatic heterocycles. The lowest BCUT2D eigenvalue weighted by atomic mass is 10.1. The number of rotatable bonds is 6. The molecule has 0 spiro atoms. The standard InChI is InChI=1S/C13H19N5O2/c1-17(2)6-7-18-12(11(20-3)9-16-18)13(19)10-4-5-14-15-8-10/h4-5,8-9,13,19H,6-7H2,1-3H3. The van der Waals surface area contributed by atoms with Crippen molar-refractivity contribution in [3.63, 3.8) is 0 Å². The topological polar surface area (TPSA) is 76.3 Å². The average molecular weight is 277 g/mol. The van der Waals surface area contributed by atoms with Gasteiger partial charge in [0.1, 0.15) is 11.8 Å². The summed E-state index contributed by atoms with van der Waals surface area (Å²) in [7, 11) is 5.54. The summed E-state index contributed by atoms with van der Waals surface area (Å²) in [5.41, 5.74) is 1.28. The summed E-state index contributed by atoms with van der Waals surface area (Å²) in [4.78, 5) is 2.05. The van der Waals surface area contributed by atoms with Crippen LogP contribution in [0.1, 0.15) is 17.4 Å². The van der Waals surface area contributed by atoms with Crippen molar-refractivity contribution in [2.24, 2.45) is 0 Å². The van der Waals surface area contributed by atoms with Crippen molar-refractivity contribution < 1.29 is 9.84 Å². The van der Waals surface area contributed by atoms with Gasteiger partial charge in [0.2, 0.25) is 0 Å². The molecule has 0 amide bonds. The van der Waals surface area contributed by atoms with Crippen molar-refractivity contribution in [1.29, 1.82) is 0 Å². The Morgan fingerprint density at radius 3 is 2.75 bits per heavy atom. The molecule has 0 aliphatic rings. The Balaban J connectivity index is 2.30. The Kier molecular flexibility index (Phi) is 4.65. The van der Waals surface area contributed by atoms with E-state index in [1.807, 2.05) is 14.1 Å². The molecule has 108 valence electrons. The van der Waals surface area contributed by atoms with Gasteiger partial charge < -0.3 is 14.7 Å². The zero-order chi connectivity index (χ0) is 14.5. The molecule has 0 aromatic carbocycles. The first-order chi connectivity index (χ1) is 9.63. The van der Waals surface area contributed by atoms with Gasteiger partial charge in [0.05, 0.1) is 26.0 Å². The lowest BCUT2D eigenvalue weighted by Crippen LogP contribution is -2.21. The normalized spacial score (nSPS) is 12.7. The lowest BCUT2D eigenvalue weighted by Gasteiger charge is -2.16. The van der Waals surface area contributed by atoms with Crippen molar-refractivity contribution in [3.05, 3.63) is 35.9 Å². The first-order valence-electron chi connectivity index (χ1n) is 6.32. The molecule has 0 saturated heterocycles. The van der Waals surface area contributed by atoms with Crippen LogP contribution in [0.15, 0.2) is 24.7 Å². The van der Waals surface area contributed by atoms with Gasteiger partial charge in [-0.25, -0.2) is 0 Å². The second-order valence-electron chi connectivity index (χ2n) is 4.70. The van der Waals surface area contributed by atoms with E-state index in [2.05, 4.69) is 20.2 Å².